The number of nitrogens with one attached hydrogen (secondary N) is 1. The molecule has 0 amide bonds. The fraction of sp³-hybridized carbons (Fsp3) is 0.615. The predicted octanol–water partition coefficient (Wildman–Crippen LogP) is 3.31. The molecular formula is C13H21FN2. The van der Waals surface area contributed by atoms with Crippen LogP contribution in [-0.2, 0) is 0 Å². The van der Waals surface area contributed by atoms with Gasteiger partial charge in [-0.05, 0) is 30.9 Å². The van der Waals surface area contributed by atoms with Crippen LogP contribution in [0.3, 0.4) is 0 Å². The Hall–Kier alpha value is -0.960. The van der Waals surface area contributed by atoms with Crippen molar-refractivity contribution in [3.05, 3.63) is 29.8 Å². The summed E-state index contributed by atoms with van der Waals surface area (Å²) >= 11 is 0. The summed E-state index contributed by atoms with van der Waals surface area (Å²) in [5.41, 5.74) is 1.07. The molecule has 1 heterocycles. The Labute approximate surface area is 97.3 Å². The minimum atomic E-state index is -0.283. The molecule has 1 N–H and O–H groups in total. The van der Waals surface area contributed by atoms with Gasteiger partial charge in [0.1, 0.15) is 5.82 Å². The van der Waals surface area contributed by atoms with Crippen molar-refractivity contribution in [2.24, 2.45) is 5.41 Å². The van der Waals surface area contributed by atoms with E-state index in [4.69, 9.17) is 0 Å². The summed E-state index contributed by atoms with van der Waals surface area (Å²) in [6.45, 7) is 10.7. The molecule has 2 nitrogen and oxygen atoms in total. The molecule has 0 aliphatic rings. The fourth-order valence-corrected chi connectivity index (χ4v) is 1.39. The van der Waals surface area contributed by atoms with Crippen molar-refractivity contribution in [1.29, 1.82) is 0 Å². The molecule has 0 saturated heterocycles. The van der Waals surface area contributed by atoms with Crippen LogP contribution in [0.4, 0.5) is 4.39 Å². The molecule has 1 aromatic heterocycles. The molecule has 2 unspecified atom stereocenters. The number of halogens is 1. The van der Waals surface area contributed by atoms with Crippen LogP contribution in [0.2, 0.25) is 0 Å². The monoisotopic (exact) mass is 224 g/mol. The van der Waals surface area contributed by atoms with Gasteiger partial charge in [0, 0.05) is 18.3 Å². The van der Waals surface area contributed by atoms with Crippen LogP contribution < -0.4 is 5.32 Å². The molecule has 1 rings (SSSR count). The van der Waals surface area contributed by atoms with E-state index < -0.39 is 0 Å². The van der Waals surface area contributed by atoms with E-state index in [-0.39, 0.29) is 17.3 Å². The first kappa shape index (κ1) is 13.1. The van der Waals surface area contributed by atoms with Crippen LogP contribution in [0.15, 0.2) is 18.5 Å². The Morgan fingerprint density at radius 3 is 2.38 bits per heavy atom. The lowest BCUT2D eigenvalue weighted by Gasteiger charge is -2.31. The maximum atomic E-state index is 13.0. The summed E-state index contributed by atoms with van der Waals surface area (Å²) < 4.78 is 13.0. The largest absolute Gasteiger partial charge is 0.307 e. The van der Waals surface area contributed by atoms with Gasteiger partial charge in [-0.15, -0.1) is 0 Å². The number of hydrogen-bond acceptors (Lipinski definition) is 2. The van der Waals surface area contributed by atoms with E-state index in [0.29, 0.717) is 6.04 Å². The Balaban J connectivity index is 2.69. The highest BCUT2D eigenvalue weighted by Gasteiger charge is 2.21. The van der Waals surface area contributed by atoms with Gasteiger partial charge in [-0.3, -0.25) is 4.98 Å². The van der Waals surface area contributed by atoms with Gasteiger partial charge < -0.3 is 5.32 Å². The molecule has 1 aromatic rings. The molecule has 0 aliphatic heterocycles. The van der Waals surface area contributed by atoms with Gasteiger partial charge in [-0.2, -0.15) is 0 Å². The fourth-order valence-electron chi connectivity index (χ4n) is 1.39. The van der Waals surface area contributed by atoms with E-state index in [1.54, 1.807) is 6.20 Å². The predicted molar refractivity (Wildman–Crippen MR) is 64.7 cm³/mol. The van der Waals surface area contributed by atoms with E-state index in [0.717, 1.165) is 5.56 Å². The van der Waals surface area contributed by atoms with E-state index in [2.05, 4.69) is 38.0 Å². The Bertz CT molecular complexity index is 344. The van der Waals surface area contributed by atoms with Gasteiger partial charge >= 0.3 is 0 Å². The number of hydrogen-bond donors (Lipinski definition) is 1. The van der Waals surface area contributed by atoms with Gasteiger partial charge in [0.2, 0.25) is 0 Å². The lowest BCUT2D eigenvalue weighted by molar-refractivity contribution is 0.268. The maximum Gasteiger partial charge on any atom is 0.141 e. The molecular weight excluding hydrogens is 203 g/mol. The summed E-state index contributed by atoms with van der Waals surface area (Å²) in [6.07, 6.45) is 2.93. The highest BCUT2D eigenvalue weighted by atomic mass is 19.1. The Morgan fingerprint density at radius 2 is 1.88 bits per heavy atom. The third-order valence-corrected chi connectivity index (χ3v) is 3.03. The van der Waals surface area contributed by atoms with Crippen molar-refractivity contribution in [2.45, 2.75) is 46.7 Å². The zero-order valence-electron chi connectivity index (χ0n) is 10.7. The van der Waals surface area contributed by atoms with E-state index in [1.165, 1.54) is 12.3 Å². The maximum absolute atomic E-state index is 13.0. The Morgan fingerprint density at radius 1 is 1.25 bits per heavy atom. The highest BCUT2D eigenvalue weighted by Crippen LogP contribution is 2.22. The third-order valence-electron chi connectivity index (χ3n) is 3.03. The Kier molecular flexibility index (Phi) is 4.03. The van der Waals surface area contributed by atoms with Crippen molar-refractivity contribution in [2.75, 3.05) is 0 Å². The number of nitrogens with zero attached hydrogens (tertiary/aromatic N) is 1. The molecule has 90 valence electrons. The van der Waals surface area contributed by atoms with Gasteiger partial charge in [-0.1, -0.05) is 20.8 Å². The molecule has 2 atom stereocenters. The van der Waals surface area contributed by atoms with Crippen molar-refractivity contribution < 1.29 is 4.39 Å². The zero-order chi connectivity index (χ0) is 12.3. The molecule has 0 saturated carbocycles. The standard InChI is InChI=1S/C13H21FN2/c1-9(16-10(2)13(3,4)5)11-6-12(14)8-15-7-11/h6-10,16H,1-5H3. The molecule has 3 heteroatoms. The topological polar surface area (TPSA) is 24.9 Å². The summed E-state index contributed by atoms with van der Waals surface area (Å²) in [5, 5.41) is 3.46. The van der Waals surface area contributed by atoms with Crippen molar-refractivity contribution in [3.8, 4) is 0 Å². The first-order valence-corrected chi connectivity index (χ1v) is 5.67. The van der Waals surface area contributed by atoms with Gasteiger partial charge in [-0.25, -0.2) is 4.39 Å². The first-order valence-electron chi connectivity index (χ1n) is 5.67. The number of aromatic nitrogens is 1. The normalized spacial score (nSPS) is 15.9. The summed E-state index contributed by atoms with van der Waals surface area (Å²) in [5.74, 6) is -0.283. The third kappa shape index (κ3) is 3.56. The van der Waals surface area contributed by atoms with Gasteiger partial charge in [0.05, 0.1) is 6.20 Å². The molecule has 0 aromatic carbocycles. The first-order chi connectivity index (χ1) is 7.30. The molecule has 0 spiro atoms. The van der Waals surface area contributed by atoms with Gasteiger partial charge in [0.15, 0.2) is 0 Å². The van der Waals surface area contributed by atoms with Crippen molar-refractivity contribution >= 4 is 0 Å². The van der Waals surface area contributed by atoms with Crippen LogP contribution in [0.1, 0.15) is 46.2 Å². The van der Waals surface area contributed by atoms with Crippen LogP contribution in [0.5, 0.6) is 0 Å². The molecule has 0 aliphatic carbocycles. The van der Waals surface area contributed by atoms with E-state index in [9.17, 15) is 4.39 Å². The van der Waals surface area contributed by atoms with Crippen LogP contribution in [0.25, 0.3) is 0 Å². The number of rotatable bonds is 3. The van der Waals surface area contributed by atoms with Crippen molar-refractivity contribution in [3.63, 3.8) is 0 Å². The van der Waals surface area contributed by atoms with Gasteiger partial charge in [0.25, 0.3) is 0 Å². The van der Waals surface area contributed by atoms with Crippen LogP contribution in [0, 0.1) is 11.2 Å². The summed E-state index contributed by atoms with van der Waals surface area (Å²) in [7, 11) is 0. The number of pyridine rings is 1. The van der Waals surface area contributed by atoms with E-state index in [1.807, 2.05) is 6.92 Å². The lowest BCUT2D eigenvalue weighted by Crippen LogP contribution is -2.39. The van der Waals surface area contributed by atoms with E-state index >= 15 is 0 Å². The average molecular weight is 224 g/mol. The second-order valence-electron chi connectivity index (χ2n) is 5.41. The SMILES string of the molecule is CC(NC(C)C(C)(C)C)c1cncc(F)c1. The molecule has 0 fully saturated rings. The quantitative estimate of drug-likeness (QED) is 0.852. The summed E-state index contributed by atoms with van der Waals surface area (Å²) in [4.78, 5) is 3.86. The summed E-state index contributed by atoms with van der Waals surface area (Å²) in [6, 6.07) is 1.99. The highest BCUT2D eigenvalue weighted by molar-refractivity contribution is 5.14. The van der Waals surface area contributed by atoms with Crippen LogP contribution in [-0.4, -0.2) is 11.0 Å². The smallest absolute Gasteiger partial charge is 0.141 e. The van der Waals surface area contributed by atoms with Crippen molar-refractivity contribution in [1.82, 2.24) is 10.3 Å². The molecule has 0 bridgehead atoms. The average Bonchev–Trinajstić information content (AvgIpc) is 2.16. The molecule has 16 heavy (non-hydrogen) atoms. The minimum Gasteiger partial charge on any atom is -0.307 e. The zero-order valence-corrected chi connectivity index (χ0v) is 10.7. The second kappa shape index (κ2) is 4.91. The minimum absolute atomic E-state index is 0.109. The van der Waals surface area contributed by atoms with Crippen LogP contribution >= 0.6 is 0 Å². The lowest BCUT2D eigenvalue weighted by atomic mass is 9.87. The second-order valence-corrected chi connectivity index (χ2v) is 5.41. The molecule has 0 radical (unpaired) electrons.